The molecule has 4 aromatic rings. The first-order chi connectivity index (χ1) is 15.2. The van der Waals surface area contributed by atoms with Gasteiger partial charge >= 0.3 is 0 Å². The minimum Gasteiger partial charge on any atom is -0.324 e. The van der Waals surface area contributed by atoms with Crippen molar-refractivity contribution in [3.05, 3.63) is 78.4 Å². The van der Waals surface area contributed by atoms with Crippen LogP contribution in [0.3, 0.4) is 0 Å². The molecule has 1 heterocycles. The third kappa shape index (κ3) is 4.40. The average Bonchev–Trinajstić information content (AvgIpc) is 3.17. The number of sulfonamides is 1. The van der Waals surface area contributed by atoms with E-state index in [-0.39, 0.29) is 10.8 Å². The Labute approximate surface area is 186 Å². The van der Waals surface area contributed by atoms with E-state index in [0.717, 1.165) is 16.5 Å². The highest BCUT2D eigenvalue weighted by atomic mass is 32.2. The van der Waals surface area contributed by atoms with Crippen LogP contribution in [-0.4, -0.2) is 43.5 Å². The van der Waals surface area contributed by atoms with Crippen molar-refractivity contribution in [2.45, 2.75) is 10.9 Å². The fourth-order valence-electron chi connectivity index (χ4n) is 3.66. The number of nitrogens with two attached hydrogens (primary N) is 1. The lowest BCUT2D eigenvalue weighted by Gasteiger charge is -2.23. The number of rotatable bonds is 6. The maximum Gasteiger partial charge on any atom is 0.246 e. The first-order valence-electron chi connectivity index (χ1n) is 9.87. The standard InChI is InChI=1S/C23H23N5O3S/c1-28(2)22(15-7-4-3-5-8-15)23(29)25-17-11-12-20-19(14-17)21(27-26-20)16-9-6-10-18(13-16)32(24,30)31/h3-14,22H,1-2H3,(H,25,29)(H,26,27)(H2,24,30,31)/t22-/m1/s1. The number of primary sulfonamides is 1. The third-order valence-corrected chi connectivity index (χ3v) is 6.06. The number of aromatic amines is 1. The zero-order chi connectivity index (χ0) is 22.9. The minimum atomic E-state index is -3.84. The highest BCUT2D eigenvalue weighted by Gasteiger charge is 2.23. The van der Waals surface area contributed by atoms with Crippen LogP contribution in [0.4, 0.5) is 5.69 Å². The number of amides is 1. The second-order valence-electron chi connectivity index (χ2n) is 7.67. The number of carbonyl (C=O) groups excluding carboxylic acids is 1. The molecule has 9 heteroatoms. The molecular formula is C23H23N5O3S. The predicted molar refractivity (Wildman–Crippen MR) is 124 cm³/mol. The van der Waals surface area contributed by atoms with E-state index in [1.54, 1.807) is 18.2 Å². The molecule has 0 fully saturated rings. The number of nitrogens with zero attached hydrogens (tertiary/aromatic N) is 2. The second-order valence-corrected chi connectivity index (χ2v) is 9.23. The quantitative estimate of drug-likeness (QED) is 0.418. The molecule has 4 N–H and O–H groups in total. The lowest BCUT2D eigenvalue weighted by atomic mass is 10.0. The highest BCUT2D eigenvalue weighted by molar-refractivity contribution is 7.89. The van der Waals surface area contributed by atoms with E-state index in [4.69, 9.17) is 5.14 Å². The molecular weight excluding hydrogens is 426 g/mol. The Hall–Kier alpha value is -3.53. The summed E-state index contributed by atoms with van der Waals surface area (Å²) in [5, 5.41) is 16.3. The number of hydrogen-bond donors (Lipinski definition) is 3. The molecule has 32 heavy (non-hydrogen) atoms. The number of benzene rings is 3. The maximum atomic E-state index is 13.1. The lowest BCUT2D eigenvalue weighted by molar-refractivity contribution is -0.120. The van der Waals surface area contributed by atoms with Gasteiger partial charge in [0, 0.05) is 16.6 Å². The van der Waals surface area contributed by atoms with Crippen molar-refractivity contribution in [1.29, 1.82) is 0 Å². The van der Waals surface area contributed by atoms with Gasteiger partial charge in [-0.3, -0.25) is 14.8 Å². The largest absolute Gasteiger partial charge is 0.324 e. The first-order valence-corrected chi connectivity index (χ1v) is 11.4. The molecule has 0 aliphatic carbocycles. The molecule has 1 atom stereocenters. The smallest absolute Gasteiger partial charge is 0.246 e. The minimum absolute atomic E-state index is 0.00675. The number of carbonyl (C=O) groups is 1. The second kappa shape index (κ2) is 8.54. The van der Waals surface area contributed by atoms with Gasteiger partial charge in [0.15, 0.2) is 0 Å². The number of aromatic nitrogens is 2. The number of hydrogen-bond acceptors (Lipinski definition) is 5. The molecule has 1 aromatic heterocycles. The van der Waals surface area contributed by atoms with E-state index in [2.05, 4.69) is 15.5 Å². The molecule has 0 aliphatic heterocycles. The van der Waals surface area contributed by atoms with Gasteiger partial charge < -0.3 is 5.32 Å². The van der Waals surface area contributed by atoms with Gasteiger partial charge in [0.05, 0.1) is 10.4 Å². The fraction of sp³-hybridized carbons (Fsp3) is 0.130. The normalized spacial score (nSPS) is 12.8. The molecule has 0 saturated heterocycles. The van der Waals surface area contributed by atoms with Crippen molar-refractivity contribution in [2.75, 3.05) is 19.4 Å². The van der Waals surface area contributed by atoms with E-state index >= 15 is 0 Å². The zero-order valence-electron chi connectivity index (χ0n) is 17.6. The van der Waals surface area contributed by atoms with Crippen LogP contribution >= 0.6 is 0 Å². The molecule has 8 nitrogen and oxygen atoms in total. The molecule has 1 amide bonds. The van der Waals surface area contributed by atoms with Crippen molar-refractivity contribution in [3.8, 4) is 11.3 Å². The number of likely N-dealkylation sites (N-methyl/N-ethyl adjacent to an activating group) is 1. The van der Waals surface area contributed by atoms with E-state index in [1.807, 2.05) is 61.5 Å². The molecule has 0 spiro atoms. The van der Waals surface area contributed by atoms with Crippen LogP contribution in [-0.2, 0) is 14.8 Å². The van der Waals surface area contributed by atoms with Gasteiger partial charge in [-0.2, -0.15) is 5.10 Å². The zero-order valence-corrected chi connectivity index (χ0v) is 18.4. The third-order valence-electron chi connectivity index (χ3n) is 5.15. The van der Waals surface area contributed by atoms with Gasteiger partial charge in [-0.1, -0.05) is 42.5 Å². The summed E-state index contributed by atoms with van der Waals surface area (Å²) in [7, 11) is -0.129. The summed E-state index contributed by atoms with van der Waals surface area (Å²) in [6.45, 7) is 0. The lowest BCUT2D eigenvalue weighted by Crippen LogP contribution is -2.32. The van der Waals surface area contributed by atoms with Crippen molar-refractivity contribution in [1.82, 2.24) is 15.1 Å². The predicted octanol–water partition coefficient (Wildman–Crippen LogP) is 3.12. The van der Waals surface area contributed by atoms with E-state index in [9.17, 15) is 13.2 Å². The van der Waals surface area contributed by atoms with E-state index in [1.165, 1.54) is 12.1 Å². The number of nitrogens with one attached hydrogen (secondary N) is 2. The molecule has 4 rings (SSSR count). The van der Waals surface area contributed by atoms with Gasteiger partial charge in [0.2, 0.25) is 15.9 Å². The Morgan fingerprint density at radius 2 is 1.78 bits per heavy atom. The fourth-order valence-corrected chi connectivity index (χ4v) is 4.22. The van der Waals surface area contributed by atoms with Crippen LogP contribution in [0.25, 0.3) is 22.2 Å². The van der Waals surface area contributed by atoms with Crippen LogP contribution in [0.1, 0.15) is 11.6 Å². The molecule has 0 bridgehead atoms. The van der Waals surface area contributed by atoms with E-state index in [0.29, 0.717) is 16.9 Å². The Morgan fingerprint density at radius 1 is 1.03 bits per heavy atom. The molecule has 0 aliphatic rings. The van der Waals surface area contributed by atoms with E-state index < -0.39 is 16.1 Å². The monoisotopic (exact) mass is 449 g/mol. The molecule has 0 unspecified atom stereocenters. The molecule has 164 valence electrons. The van der Waals surface area contributed by atoms with Crippen molar-refractivity contribution in [2.24, 2.45) is 5.14 Å². The van der Waals surface area contributed by atoms with Crippen molar-refractivity contribution in [3.63, 3.8) is 0 Å². The molecule has 0 saturated carbocycles. The van der Waals surface area contributed by atoms with Crippen LogP contribution < -0.4 is 10.5 Å². The summed E-state index contributed by atoms with van der Waals surface area (Å²) < 4.78 is 23.5. The Balaban J connectivity index is 1.68. The summed E-state index contributed by atoms with van der Waals surface area (Å²) in [5.41, 5.74) is 3.41. The van der Waals surface area contributed by atoms with Crippen molar-refractivity contribution < 1.29 is 13.2 Å². The number of anilines is 1. The average molecular weight is 450 g/mol. The van der Waals surface area contributed by atoms with Crippen LogP contribution in [0.5, 0.6) is 0 Å². The van der Waals surface area contributed by atoms with Crippen LogP contribution in [0.15, 0.2) is 77.7 Å². The summed E-state index contributed by atoms with van der Waals surface area (Å²) in [6, 6.07) is 20.8. The maximum absolute atomic E-state index is 13.1. The van der Waals surface area contributed by atoms with Crippen molar-refractivity contribution >= 4 is 32.5 Å². The molecule has 0 radical (unpaired) electrons. The van der Waals surface area contributed by atoms with Gasteiger partial charge in [0.1, 0.15) is 11.7 Å². The summed E-state index contributed by atoms with van der Waals surface area (Å²) >= 11 is 0. The molecule has 3 aromatic carbocycles. The summed E-state index contributed by atoms with van der Waals surface area (Å²) in [4.78, 5) is 14.9. The Morgan fingerprint density at radius 3 is 2.47 bits per heavy atom. The van der Waals surface area contributed by atoms with Crippen LogP contribution in [0.2, 0.25) is 0 Å². The topological polar surface area (TPSA) is 121 Å². The highest BCUT2D eigenvalue weighted by Crippen LogP contribution is 2.30. The van der Waals surface area contributed by atoms with Gasteiger partial charge in [-0.25, -0.2) is 13.6 Å². The number of fused-ring (bicyclic) bond motifs is 1. The Bertz CT molecular complexity index is 1380. The SMILES string of the molecule is CN(C)[C@@H](C(=O)Nc1ccc2[nH]nc(-c3cccc(S(N)(=O)=O)c3)c2c1)c1ccccc1. The number of H-pyrrole nitrogens is 1. The summed E-state index contributed by atoms with van der Waals surface area (Å²) in [6.07, 6.45) is 0. The van der Waals surface area contributed by atoms with Crippen LogP contribution in [0, 0.1) is 0 Å². The van der Waals surface area contributed by atoms with Gasteiger partial charge in [-0.15, -0.1) is 0 Å². The summed E-state index contributed by atoms with van der Waals surface area (Å²) in [5.74, 6) is -0.165. The van der Waals surface area contributed by atoms with Gasteiger partial charge in [-0.05, 0) is 50.0 Å². The Kier molecular flexibility index (Phi) is 5.79. The first kappa shape index (κ1) is 21.7. The van der Waals surface area contributed by atoms with Gasteiger partial charge in [0.25, 0.3) is 0 Å².